The number of halogens is 2. The Kier molecular flexibility index (Phi) is 12.2. The molecular weight excluding hydrogens is 486 g/mol. The molecule has 0 saturated heterocycles. The molecule has 0 saturated carbocycles. The SMILES string of the molecule is CCOC(Cc1ccc(OCCN(CCOCC(F)(F)CC)C(=O)Nc2ccccc2C)cc1)C(=O)O. The van der Waals surface area contributed by atoms with Crippen LogP contribution in [0.15, 0.2) is 48.5 Å². The van der Waals surface area contributed by atoms with Gasteiger partial charge in [0.05, 0.1) is 13.2 Å². The van der Waals surface area contributed by atoms with Gasteiger partial charge in [0.1, 0.15) is 19.0 Å². The van der Waals surface area contributed by atoms with Crippen LogP contribution in [-0.4, -0.2) is 73.6 Å². The van der Waals surface area contributed by atoms with Crippen molar-refractivity contribution in [3.63, 3.8) is 0 Å². The summed E-state index contributed by atoms with van der Waals surface area (Å²) in [7, 11) is 0. The first-order valence-electron chi connectivity index (χ1n) is 12.3. The molecule has 0 heterocycles. The Morgan fingerprint density at radius 3 is 2.35 bits per heavy atom. The lowest BCUT2D eigenvalue weighted by molar-refractivity contribution is -0.149. The van der Waals surface area contributed by atoms with E-state index < -0.39 is 30.6 Å². The standard InChI is InChI=1S/C27H36F2N2O6/c1-4-27(28,29)19-35-16-14-31(26(34)30-23-9-7-6-8-20(23)3)15-17-37-22-12-10-21(11-13-22)18-24(25(32)33)36-5-2/h6-13,24H,4-5,14-19H2,1-3H3,(H,30,34)(H,32,33). The van der Waals surface area contributed by atoms with E-state index in [0.29, 0.717) is 18.0 Å². The fraction of sp³-hybridized carbons (Fsp3) is 0.481. The number of nitrogens with one attached hydrogen (secondary N) is 1. The molecule has 8 nitrogen and oxygen atoms in total. The molecule has 1 atom stereocenters. The third-order valence-corrected chi connectivity index (χ3v) is 5.63. The minimum absolute atomic E-state index is 0.0456. The molecule has 0 bridgehead atoms. The van der Waals surface area contributed by atoms with Crippen molar-refractivity contribution in [1.29, 1.82) is 0 Å². The number of hydrogen-bond donors (Lipinski definition) is 2. The average molecular weight is 523 g/mol. The summed E-state index contributed by atoms with van der Waals surface area (Å²) in [6.45, 7) is 5.01. The Balaban J connectivity index is 1.94. The Morgan fingerprint density at radius 2 is 1.73 bits per heavy atom. The number of alkyl halides is 2. The van der Waals surface area contributed by atoms with E-state index in [1.807, 2.05) is 25.1 Å². The highest BCUT2D eigenvalue weighted by Crippen LogP contribution is 2.18. The number of urea groups is 1. The lowest BCUT2D eigenvalue weighted by atomic mass is 10.1. The number of carboxylic acids is 1. The number of rotatable bonds is 16. The van der Waals surface area contributed by atoms with Gasteiger partial charge in [-0.25, -0.2) is 18.4 Å². The van der Waals surface area contributed by atoms with E-state index in [2.05, 4.69) is 5.32 Å². The van der Waals surface area contributed by atoms with Crippen LogP contribution in [0.3, 0.4) is 0 Å². The second-order valence-electron chi connectivity index (χ2n) is 8.47. The van der Waals surface area contributed by atoms with Crippen LogP contribution in [0.4, 0.5) is 19.3 Å². The van der Waals surface area contributed by atoms with E-state index in [-0.39, 0.29) is 39.1 Å². The molecule has 2 N–H and O–H groups in total. The number of hydrogen-bond acceptors (Lipinski definition) is 5. The summed E-state index contributed by atoms with van der Waals surface area (Å²) in [6, 6.07) is 13.9. The number of nitrogens with zero attached hydrogens (tertiary/aromatic N) is 1. The molecule has 0 aromatic heterocycles. The second kappa shape index (κ2) is 15.1. The summed E-state index contributed by atoms with van der Waals surface area (Å²) < 4.78 is 43.0. The molecule has 0 aliphatic heterocycles. The second-order valence-corrected chi connectivity index (χ2v) is 8.47. The smallest absolute Gasteiger partial charge is 0.333 e. The van der Waals surface area contributed by atoms with Crippen LogP contribution >= 0.6 is 0 Å². The first-order valence-corrected chi connectivity index (χ1v) is 12.3. The summed E-state index contributed by atoms with van der Waals surface area (Å²) in [4.78, 5) is 25.6. The van der Waals surface area contributed by atoms with Crippen molar-refractivity contribution >= 4 is 17.7 Å². The van der Waals surface area contributed by atoms with Crippen molar-refractivity contribution in [1.82, 2.24) is 4.90 Å². The highest BCUT2D eigenvalue weighted by molar-refractivity contribution is 5.90. The van der Waals surface area contributed by atoms with Crippen LogP contribution in [-0.2, 0) is 20.7 Å². The maximum absolute atomic E-state index is 13.5. The molecule has 2 aromatic carbocycles. The first-order chi connectivity index (χ1) is 17.6. The van der Waals surface area contributed by atoms with Gasteiger partial charge in [-0.15, -0.1) is 0 Å². The van der Waals surface area contributed by atoms with Crippen molar-refractivity contribution in [2.45, 2.75) is 45.6 Å². The van der Waals surface area contributed by atoms with Crippen LogP contribution in [0, 0.1) is 6.92 Å². The Labute approximate surface area is 216 Å². The van der Waals surface area contributed by atoms with Crippen molar-refractivity contribution in [2.75, 3.05) is 44.8 Å². The number of para-hydroxylation sites is 1. The van der Waals surface area contributed by atoms with Crippen LogP contribution in [0.25, 0.3) is 0 Å². The van der Waals surface area contributed by atoms with Crippen LogP contribution in [0.5, 0.6) is 5.75 Å². The van der Waals surface area contributed by atoms with Gasteiger partial charge in [-0.05, 0) is 43.2 Å². The number of ether oxygens (including phenoxy) is 3. The predicted molar refractivity (Wildman–Crippen MR) is 137 cm³/mol. The van der Waals surface area contributed by atoms with Gasteiger partial charge in [0, 0.05) is 31.7 Å². The zero-order valence-corrected chi connectivity index (χ0v) is 21.5. The summed E-state index contributed by atoms with van der Waals surface area (Å²) in [5.41, 5.74) is 2.33. The molecule has 37 heavy (non-hydrogen) atoms. The van der Waals surface area contributed by atoms with Crippen molar-refractivity contribution in [2.24, 2.45) is 0 Å². The number of aryl methyl sites for hydroxylation is 1. The first kappa shape index (κ1) is 30.0. The van der Waals surface area contributed by atoms with Crippen molar-refractivity contribution < 1.29 is 37.7 Å². The largest absolute Gasteiger partial charge is 0.492 e. The van der Waals surface area contributed by atoms with Gasteiger partial charge in [-0.2, -0.15) is 0 Å². The number of carboxylic acid groups (broad SMARTS) is 1. The predicted octanol–water partition coefficient (Wildman–Crippen LogP) is 5.00. The average Bonchev–Trinajstić information content (AvgIpc) is 2.87. The topological polar surface area (TPSA) is 97.3 Å². The molecule has 2 rings (SSSR count). The molecule has 2 amide bonds. The molecule has 2 aromatic rings. The Hall–Kier alpha value is -3.24. The quantitative estimate of drug-likeness (QED) is 0.301. The number of anilines is 1. The molecule has 10 heteroatoms. The normalized spacial score (nSPS) is 12.1. The highest BCUT2D eigenvalue weighted by Gasteiger charge is 2.26. The van der Waals surface area contributed by atoms with E-state index in [9.17, 15) is 23.5 Å². The summed E-state index contributed by atoms with van der Waals surface area (Å²) in [5.74, 6) is -3.38. The lowest BCUT2D eigenvalue weighted by Gasteiger charge is -2.24. The van der Waals surface area contributed by atoms with E-state index in [0.717, 1.165) is 11.1 Å². The van der Waals surface area contributed by atoms with Gasteiger partial charge in [-0.3, -0.25) is 0 Å². The van der Waals surface area contributed by atoms with E-state index in [1.165, 1.54) is 11.8 Å². The number of carbonyl (C=O) groups is 2. The van der Waals surface area contributed by atoms with Gasteiger partial charge in [0.25, 0.3) is 5.92 Å². The lowest BCUT2D eigenvalue weighted by Crippen LogP contribution is -2.40. The minimum atomic E-state index is -2.91. The fourth-order valence-corrected chi connectivity index (χ4v) is 3.35. The van der Waals surface area contributed by atoms with E-state index in [4.69, 9.17) is 14.2 Å². The molecule has 1 unspecified atom stereocenters. The van der Waals surface area contributed by atoms with Gasteiger partial charge < -0.3 is 29.5 Å². The minimum Gasteiger partial charge on any atom is -0.492 e. The van der Waals surface area contributed by atoms with Gasteiger partial charge >= 0.3 is 12.0 Å². The fourth-order valence-electron chi connectivity index (χ4n) is 3.35. The zero-order chi connectivity index (χ0) is 27.3. The number of aliphatic carboxylic acids is 1. The zero-order valence-electron chi connectivity index (χ0n) is 21.5. The molecule has 0 aliphatic carbocycles. The van der Waals surface area contributed by atoms with Crippen LogP contribution < -0.4 is 10.1 Å². The molecule has 0 aliphatic rings. The number of amides is 2. The third-order valence-electron chi connectivity index (χ3n) is 5.63. The van der Waals surface area contributed by atoms with Crippen LogP contribution in [0.1, 0.15) is 31.4 Å². The number of benzene rings is 2. The van der Waals surface area contributed by atoms with E-state index >= 15 is 0 Å². The maximum Gasteiger partial charge on any atom is 0.333 e. The Bertz CT molecular complexity index is 987. The van der Waals surface area contributed by atoms with Crippen molar-refractivity contribution in [3.05, 3.63) is 59.7 Å². The van der Waals surface area contributed by atoms with Gasteiger partial charge in [0.2, 0.25) is 0 Å². The number of carbonyl (C=O) groups excluding carboxylic acids is 1. The molecule has 0 radical (unpaired) electrons. The van der Waals surface area contributed by atoms with Crippen molar-refractivity contribution in [3.8, 4) is 5.75 Å². The maximum atomic E-state index is 13.5. The molecular formula is C27H36F2N2O6. The summed E-state index contributed by atoms with van der Waals surface area (Å²) in [5, 5.41) is 12.1. The van der Waals surface area contributed by atoms with E-state index in [1.54, 1.807) is 37.3 Å². The third kappa shape index (κ3) is 10.7. The monoisotopic (exact) mass is 522 g/mol. The van der Waals surface area contributed by atoms with Gasteiger partial charge in [0.15, 0.2) is 6.10 Å². The molecule has 204 valence electrons. The summed E-state index contributed by atoms with van der Waals surface area (Å²) in [6.07, 6.45) is -1.01. The van der Waals surface area contributed by atoms with Gasteiger partial charge in [-0.1, -0.05) is 37.3 Å². The molecule has 0 fully saturated rings. The summed E-state index contributed by atoms with van der Waals surface area (Å²) >= 11 is 0. The Morgan fingerprint density at radius 1 is 1.05 bits per heavy atom. The highest BCUT2D eigenvalue weighted by atomic mass is 19.3. The van der Waals surface area contributed by atoms with Crippen LogP contribution in [0.2, 0.25) is 0 Å². The molecule has 0 spiro atoms.